The van der Waals surface area contributed by atoms with Gasteiger partial charge < -0.3 is 25.2 Å². The second-order valence-electron chi connectivity index (χ2n) is 9.88. The van der Waals surface area contributed by atoms with Gasteiger partial charge in [0.1, 0.15) is 17.9 Å². The maximum atomic E-state index is 12.3. The molecule has 2 N–H and O–H groups in total. The number of carbonyl (C=O) groups excluding carboxylic acids is 1. The van der Waals surface area contributed by atoms with Gasteiger partial charge in [0.15, 0.2) is 5.82 Å². The summed E-state index contributed by atoms with van der Waals surface area (Å²) in [7, 11) is 5.81. The number of hydrogen-bond donors (Lipinski definition) is 2. The van der Waals surface area contributed by atoms with Crippen molar-refractivity contribution in [2.24, 2.45) is 0 Å². The van der Waals surface area contributed by atoms with Gasteiger partial charge in [-0.05, 0) is 38.2 Å². The number of aromatic nitrogens is 2. The molecular formula is C29H35N7O3. The molecule has 0 radical (unpaired) electrons. The van der Waals surface area contributed by atoms with Crippen LogP contribution in [-0.2, 0) is 9.63 Å². The topological polar surface area (TPSA) is 95.1 Å². The predicted molar refractivity (Wildman–Crippen MR) is 154 cm³/mol. The number of amides is 1. The van der Waals surface area contributed by atoms with Crippen LogP contribution in [0.4, 0.5) is 28.7 Å². The molecule has 0 bridgehead atoms. The van der Waals surface area contributed by atoms with Gasteiger partial charge in [-0.25, -0.2) is 15.0 Å². The first-order chi connectivity index (χ1) is 19.0. The third kappa shape index (κ3) is 5.81. The van der Waals surface area contributed by atoms with E-state index in [0.29, 0.717) is 41.4 Å². The molecule has 0 aliphatic carbocycles. The van der Waals surface area contributed by atoms with Crippen molar-refractivity contribution < 1.29 is 14.4 Å². The molecule has 2 aliphatic heterocycles. The average Bonchev–Trinajstić information content (AvgIpc) is 3.65. The number of ether oxygens (including phenoxy) is 1. The molecule has 2 atom stereocenters. The van der Waals surface area contributed by atoms with Crippen molar-refractivity contribution in [3.05, 3.63) is 73.1 Å². The van der Waals surface area contributed by atoms with Crippen molar-refractivity contribution in [2.75, 3.05) is 61.5 Å². The quantitative estimate of drug-likeness (QED) is 0.392. The first-order valence-corrected chi connectivity index (χ1v) is 13.1. The SMILES string of the molecule is C=CC(=O)Nc1cc(Nc2cc(N3OCCC3c3ccccc3)ncn2)c(OC)cc1N1CCC(N(C)C)C1. The highest BCUT2D eigenvalue weighted by molar-refractivity contribution is 6.02. The van der Waals surface area contributed by atoms with E-state index in [0.717, 1.165) is 31.6 Å². The van der Waals surface area contributed by atoms with Gasteiger partial charge in [-0.1, -0.05) is 36.9 Å². The number of hydrogen-bond acceptors (Lipinski definition) is 9. The Bertz CT molecular complexity index is 1320. The summed E-state index contributed by atoms with van der Waals surface area (Å²) in [6.45, 7) is 5.96. The van der Waals surface area contributed by atoms with Crippen LogP contribution in [0.5, 0.6) is 5.75 Å². The predicted octanol–water partition coefficient (Wildman–Crippen LogP) is 4.38. The Morgan fingerprint density at radius 1 is 1.15 bits per heavy atom. The molecule has 2 aliphatic rings. The molecule has 10 heteroatoms. The maximum Gasteiger partial charge on any atom is 0.247 e. The zero-order chi connectivity index (χ0) is 27.4. The van der Waals surface area contributed by atoms with Crippen molar-refractivity contribution >= 4 is 34.6 Å². The molecule has 2 saturated heterocycles. The molecule has 10 nitrogen and oxygen atoms in total. The number of nitrogens with one attached hydrogen (secondary N) is 2. The van der Waals surface area contributed by atoms with E-state index in [-0.39, 0.29) is 11.9 Å². The molecule has 39 heavy (non-hydrogen) atoms. The number of anilines is 5. The van der Waals surface area contributed by atoms with Gasteiger partial charge in [0, 0.05) is 37.7 Å². The molecular weight excluding hydrogens is 494 g/mol. The van der Waals surface area contributed by atoms with Gasteiger partial charge in [-0.3, -0.25) is 9.63 Å². The Morgan fingerprint density at radius 3 is 2.69 bits per heavy atom. The van der Waals surface area contributed by atoms with E-state index in [2.05, 4.69) is 63.2 Å². The van der Waals surface area contributed by atoms with E-state index >= 15 is 0 Å². The minimum Gasteiger partial charge on any atom is -0.494 e. The molecule has 2 aromatic carbocycles. The summed E-state index contributed by atoms with van der Waals surface area (Å²) in [4.78, 5) is 31.7. The van der Waals surface area contributed by atoms with Crippen molar-refractivity contribution in [3.63, 3.8) is 0 Å². The van der Waals surface area contributed by atoms with E-state index in [4.69, 9.17) is 9.57 Å². The molecule has 0 spiro atoms. The van der Waals surface area contributed by atoms with Gasteiger partial charge >= 0.3 is 0 Å². The summed E-state index contributed by atoms with van der Waals surface area (Å²) in [5.41, 5.74) is 3.40. The lowest BCUT2D eigenvalue weighted by molar-refractivity contribution is -0.111. The summed E-state index contributed by atoms with van der Waals surface area (Å²) < 4.78 is 5.77. The van der Waals surface area contributed by atoms with Crippen LogP contribution in [0, 0.1) is 0 Å². The fraction of sp³-hybridized carbons (Fsp3) is 0.345. The van der Waals surface area contributed by atoms with Crippen LogP contribution < -0.4 is 25.3 Å². The summed E-state index contributed by atoms with van der Waals surface area (Å²) >= 11 is 0. The normalized spacial score (nSPS) is 18.9. The highest BCUT2D eigenvalue weighted by atomic mass is 16.7. The Balaban J connectivity index is 1.44. The van der Waals surface area contributed by atoms with E-state index in [9.17, 15) is 4.79 Å². The van der Waals surface area contributed by atoms with Crippen LogP contribution in [0.2, 0.25) is 0 Å². The van der Waals surface area contributed by atoms with E-state index in [1.54, 1.807) is 7.11 Å². The fourth-order valence-corrected chi connectivity index (χ4v) is 5.11. The van der Waals surface area contributed by atoms with Crippen LogP contribution in [0.15, 0.2) is 67.5 Å². The number of carbonyl (C=O) groups is 1. The lowest BCUT2D eigenvalue weighted by Gasteiger charge is -2.26. The Hall–Kier alpha value is -4.15. The van der Waals surface area contributed by atoms with Crippen molar-refractivity contribution in [1.82, 2.24) is 14.9 Å². The molecule has 0 saturated carbocycles. The first kappa shape index (κ1) is 26.5. The molecule has 2 fully saturated rings. The van der Waals surface area contributed by atoms with Crippen molar-refractivity contribution in [3.8, 4) is 5.75 Å². The third-order valence-corrected chi connectivity index (χ3v) is 7.23. The summed E-state index contributed by atoms with van der Waals surface area (Å²) in [5, 5.41) is 8.17. The highest BCUT2D eigenvalue weighted by Gasteiger charge is 2.30. The van der Waals surface area contributed by atoms with Crippen LogP contribution in [-0.4, -0.2) is 67.7 Å². The van der Waals surface area contributed by atoms with Crippen molar-refractivity contribution in [2.45, 2.75) is 24.9 Å². The van der Waals surface area contributed by atoms with Crippen molar-refractivity contribution in [1.29, 1.82) is 0 Å². The largest absolute Gasteiger partial charge is 0.494 e. The highest BCUT2D eigenvalue weighted by Crippen LogP contribution is 2.40. The number of rotatable bonds is 9. The average molecular weight is 530 g/mol. The lowest BCUT2D eigenvalue weighted by atomic mass is 10.0. The number of nitrogens with zero attached hydrogens (tertiary/aromatic N) is 5. The minimum absolute atomic E-state index is 0.0648. The van der Waals surface area contributed by atoms with Gasteiger partial charge in [-0.2, -0.15) is 0 Å². The molecule has 1 amide bonds. The smallest absolute Gasteiger partial charge is 0.247 e. The van der Waals surface area contributed by atoms with Crippen LogP contribution in [0.25, 0.3) is 0 Å². The zero-order valence-electron chi connectivity index (χ0n) is 22.6. The third-order valence-electron chi connectivity index (χ3n) is 7.23. The monoisotopic (exact) mass is 529 g/mol. The lowest BCUT2D eigenvalue weighted by Crippen LogP contribution is -2.31. The second-order valence-corrected chi connectivity index (χ2v) is 9.88. The zero-order valence-corrected chi connectivity index (χ0v) is 22.6. The van der Waals surface area contributed by atoms with E-state index < -0.39 is 0 Å². The number of hydroxylamine groups is 1. The number of benzene rings is 2. The summed E-state index contributed by atoms with van der Waals surface area (Å²) in [5.74, 6) is 1.58. The molecule has 1 aromatic heterocycles. The first-order valence-electron chi connectivity index (χ1n) is 13.1. The minimum atomic E-state index is -0.279. The van der Waals surface area contributed by atoms with Gasteiger partial charge in [-0.15, -0.1) is 0 Å². The Labute approximate surface area is 229 Å². The summed E-state index contributed by atoms with van der Waals surface area (Å²) in [6, 6.07) is 16.4. The Kier molecular flexibility index (Phi) is 7.94. The molecule has 5 rings (SSSR count). The van der Waals surface area contributed by atoms with Gasteiger partial charge in [0.25, 0.3) is 0 Å². The van der Waals surface area contributed by atoms with E-state index in [1.165, 1.54) is 18.0 Å². The number of likely N-dealkylation sites (N-methyl/N-ethyl adjacent to an activating group) is 1. The van der Waals surface area contributed by atoms with Gasteiger partial charge in [0.2, 0.25) is 5.91 Å². The van der Waals surface area contributed by atoms with Crippen LogP contribution >= 0.6 is 0 Å². The summed E-state index contributed by atoms with van der Waals surface area (Å²) in [6.07, 6.45) is 4.68. The fourth-order valence-electron chi connectivity index (χ4n) is 5.11. The van der Waals surface area contributed by atoms with Crippen LogP contribution in [0.1, 0.15) is 24.4 Å². The molecule has 204 valence electrons. The van der Waals surface area contributed by atoms with E-state index in [1.807, 2.05) is 41.5 Å². The molecule has 3 aromatic rings. The van der Waals surface area contributed by atoms with Gasteiger partial charge in [0.05, 0.1) is 36.8 Å². The molecule has 3 heterocycles. The number of methoxy groups -OCH3 is 1. The molecule has 2 unspecified atom stereocenters. The maximum absolute atomic E-state index is 12.3. The van der Waals surface area contributed by atoms with Crippen LogP contribution in [0.3, 0.4) is 0 Å². The Morgan fingerprint density at radius 2 is 1.97 bits per heavy atom. The standard InChI is InChI=1S/C29H35N7O3/c1-5-29(37)33-22-15-23(26(38-4)16-25(22)35-13-11-21(18-35)34(2)3)32-27-17-28(31-19-30-27)36-24(12-14-39-36)20-9-7-6-8-10-20/h5-10,15-17,19,21,24H,1,11-14,18H2,2-4H3,(H,33,37)(H,30,31,32). The second kappa shape index (κ2) is 11.7.